The van der Waals surface area contributed by atoms with Crippen molar-refractivity contribution in [2.45, 2.75) is 118 Å². The first-order valence-corrected chi connectivity index (χ1v) is 13.0. The van der Waals surface area contributed by atoms with Crippen molar-refractivity contribution in [2.75, 3.05) is 0 Å². The van der Waals surface area contributed by atoms with E-state index in [-0.39, 0.29) is 17.6 Å². The molecule has 3 fully saturated rings. The van der Waals surface area contributed by atoms with Crippen LogP contribution in [0.3, 0.4) is 0 Å². The lowest BCUT2D eigenvalue weighted by Gasteiger charge is -2.62. The van der Waals surface area contributed by atoms with Gasteiger partial charge in [-0.1, -0.05) is 52.7 Å². The van der Waals surface area contributed by atoms with Gasteiger partial charge in [0.15, 0.2) is 0 Å². The summed E-state index contributed by atoms with van der Waals surface area (Å²) in [6.45, 7) is 15.0. The van der Waals surface area contributed by atoms with Gasteiger partial charge in [-0.2, -0.15) is 0 Å². The summed E-state index contributed by atoms with van der Waals surface area (Å²) in [7, 11) is 0. The Labute approximate surface area is 184 Å². The van der Waals surface area contributed by atoms with Gasteiger partial charge in [0.1, 0.15) is 0 Å². The summed E-state index contributed by atoms with van der Waals surface area (Å²) in [5, 5.41) is 20.7. The van der Waals surface area contributed by atoms with Crippen molar-refractivity contribution in [1.29, 1.82) is 0 Å². The SMILES string of the molecule is C[C@H](CC1CC1O)[C@H]1CC[C@@]2(C)C3=C(CC[C@]12C)[C@@]1(C)CC[C@H](O)C(C)(C)[C@@H]1CC3. The molecule has 0 amide bonds. The third kappa shape index (κ3) is 2.68. The van der Waals surface area contributed by atoms with Gasteiger partial charge in [-0.15, -0.1) is 0 Å². The lowest BCUT2D eigenvalue weighted by atomic mass is 9.43. The first kappa shape index (κ1) is 21.5. The van der Waals surface area contributed by atoms with Gasteiger partial charge < -0.3 is 10.2 Å². The molecule has 0 aromatic rings. The number of aliphatic hydroxyl groups excluding tert-OH is 2. The van der Waals surface area contributed by atoms with Gasteiger partial charge in [0, 0.05) is 0 Å². The molecule has 170 valence electrons. The lowest BCUT2D eigenvalue weighted by molar-refractivity contribution is -0.0962. The zero-order valence-corrected chi connectivity index (χ0v) is 20.4. The number of allylic oxidation sites excluding steroid dienone is 2. The molecule has 9 atom stereocenters. The number of aliphatic hydroxyl groups is 2. The maximum atomic E-state index is 10.8. The quantitative estimate of drug-likeness (QED) is 0.517. The van der Waals surface area contributed by atoms with Crippen LogP contribution in [0.2, 0.25) is 0 Å². The van der Waals surface area contributed by atoms with Gasteiger partial charge in [0.05, 0.1) is 12.2 Å². The normalized spacial score (nSPS) is 53.0. The summed E-state index contributed by atoms with van der Waals surface area (Å²) in [4.78, 5) is 0. The van der Waals surface area contributed by atoms with Crippen LogP contribution >= 0.6 is 0 Å². The Kier molecular flexibility index (Phi) is 4.73. The van der Waals surface area contributed by atoms with Gasteiger partial charge in [0.2, 0.25) is 0 Å². The van der Waals surface area contributed by atoms with Crippen molar-refractivity contribution in [3.05, 3.63) is 11.1 Å². The first-order valence-electron chi connectivity index (χ1n) is 13.0. The highest BCUT2D eigenvalue weighted by molar-refractivity contribution is 5.38. The molecule has 0 bridgehead atoms. The summed E-state index contributed by atoms with van der Waals surface area (Å²) in [6, 6.07) is 0. The molecule has 0 aromatic heterocycles. The minimum Gasteiger partial charge on any atom is -0.393 e. The Balaban J connectivity index is 1.48. The van der Waals surface area contributed by atoms with Crippen molar-refractivity contribution < 1.29 is 10.2 Å². The van der Waals surface area contributed by atoms with E-state index in [0.717, 1.165) is 24.7 Å². The standard InChI is InChI=1S/C28H46O2/c1-17(15-18-16-22(18)29)19-9-13-28(6)21-7-8-23-25(2,3)24(30)11-12-26(23,4)20(21)10-14-27(19,28)5/h17-19,22-24,29-30H,7-16H2,1-6H3/t17-,18?,19-,22?,23+,24+,26-,27-,28+/m1/s1. The molecule has 2 unspecified atom stereocenters. The van der Waals surface area contributed by atoms with Crippen LogP contribution in [0.1, 0.15) is 106 Å². The van der Waals surface area contributed by atoms with Crippen molar-refractivity contribution in [1.82, 2.24) is 0 Å². The molecule has 0 heterocycles. The van der Waals surface area contributed by atoms with Crippen LogP contribution < -0.4 is 0 Å². The molecule has 0 aromatic carbocycles. The zero-order valence-electron chi connectivity index (χ0n) is 20.4. The summed E-state index contributed by atoms with van der Waals surface area (Å²) >= 11 is 0. The molecule has 2 N–H and O–H groups in total. The Morgan fingerprint density at radius 2 is 1.60 bits per heavy atom. The number of rotatable bonds is 3. The van der Waals surface area contributed by atoms with Crippen molar-refractivity contribution >= 4 is 0 Å². The highest BCUT2D eigenvalue weighted by Gasteiger charge is 2.63. The summed E-state index contributed by atoms with van der Waals surface area (Å²) in [5.41, 5.74) is 4.77. The molecule has 0 aliphatic heterocycles. The molecule has 2 nitrogen and oxygen atoms in total. The Bertz CT molecular complexity index is 752. The van der Waals surface area contributed by atoms with Crippen LogP contribution in [0.4, 0.5) is 0 Å². The van der Waals surface area contributed by atoms with Crippen molar-refractivity contribution in [2.24, 2.45) is 45.3 Å². The highest BCUT2D eigenvalue weighted by Crippen LogP contribution is 2.72. The van der Waals surface area contributed by atoms with Crippen LogP contribution in [0.25, 0.3) is 0 Å². The van der Waals surface area contributed by atoms with Crippen molar-refractivity contribution in [3.63, 3.8) is 0 Å². The average Bonchev–Trinajstić information content (AvgIpc) is 3.27. The van der Waals surface area contributed by atoms with Gasteiger partial charge in [-0.3, -0.25) is 0 Å². The summed E-state index contributed by atoms with van der Waals surface area (Å²) < 4.78 is 0. The van der Waals surface area contributed by atoms with Crippen LogP contribution in [0.5, 0.6) is 0 Å². The van der Waals surface area contributed by atoms with Gasteiger partial charge in [0.25, 0.3) is 0 Å². The van der Waals surface area contributed by atoms with Gasteiger partial charge in [-0.05, 0) is 110 Å². The molecule has 0 radical (unpaired) electrons. The Hall–Kier alpha value is -0.340. The molecular formula is C28H46O2. The third-order valence-corrected chi connectivity index (χ3v) is 12.0. The first-order chi connectivity index (χ1) is 13.9. The summed E-state index contributed by atoms with van der Waals surface area (Å²) in [6.07, 6.45) is 12.2. The minimum atomic E-state index is -0.142. The van der Waals surface area contributed by atoms with Crippen molar-refractivity contribution in [3.8, 4) is 0 Å². The minimum absolute atomic E-state index is 0.00561. The smallest absolute Gasteiger partial charge is 0.0594 e. The lowest BCUT2D eigenvalue weighted by Crippen LogP contribution is -2.55. The van der Waals surface area contributed by atoms with Crippen LogP contribution in [0.15, 0.2) is 11.1 Å². The van der Waals surface area contributed by atoms with E-state index in [1.54, 1.807) is 0 Å². The Morgan fingerprint density at radius 1 is 0.900 bits per heavy atom. The molecule has 0 spiro atoms. The second-order valence-electron chi connectivity index (χ2n) is 13.5. The molecule has 3 saturated carbocycles. The third-order valence-electron chi connectivity index (χ3n) is 12.0. The maximum Gasteiger partial charge on any atom is 0.0594 e. The number of fused-ring (bicyclic) bond motifs is 4. The second kappa shape index (κ2) is 6.60. The van der Waals surface area contributed by atoms with Gasteiger partial charge >= 0.3 is 0 Å². The second-order valence-corrected chi connectivity index (χ2v) is 13.5. The molecule has 0 saturated heterocycles. The average molecular weight is 415 g/mol. The number of hydrogen-bond acceptors (Lipinski definition) is 2. The fraction of sp³-hybridized carbons (Fsp3) is 0.929. The van der Waals surface area contributed by atoms with E-state index in [9.17, 15) is 10.2 Å². The molecule has 30 heavy (non-hydrogen) atoms. The zero-order chi connectivity index (χ0) is 21.7. The highest BCUT2D eigenvalue weighted by atomic mass is 16.3. The monoisotopic (exact) mass is 414 g/mol. The fourth-order valence-electron chi connectivity index (χ4n) is 9.76. The molecule has 5 aliphatic rings. The van der Waals surface area contributed by atoms with E-state index in [1.807, 2.05) is 11.1 Å². The van der Waals surface area contributed by atoms with E-state index >= 15 is 0 Å². The van der Waals surface area contributed by atoms with E-state index in [1.165, 1.54) is 51.4 Å². The van der Waals surface area contributed by atoms with E-state index in [2.05, 4.69) is 41.5 Å². The Morgan fingerprint density at radius 3 is 2.27 bits per heavy atom. The van der Waals surface area contributed by atoms with E-state index in [4.69, 9.17) is 0 Å². The summed E-state index contributed by atoms with van der Waals surface area (Å²) in [5.74, 6) is 2.74. The van der Waals surface area contributed by atoms with Gasteiger partial charge in [-0.25, -0.2) is 0 Å². The van der Waals surface area contributed by atoms with Crippen LogP contribution in [0, 0.1) is 45.3 Å². The molecule has 5 rings (SSSR count). The predicted molar refractivity (Wildman–Crippen MR) is 123 cm³/mol. The molecule has 2 heteroatoms. The maximum absolute atomic E-state index is 10.8. The van der Waals surface area contributed by atoms with E-state index < -0.39 is 0 Å². The largest absolute Gasteiger partial charge is 0.393 e. The predicted octanol–water partition coefficient (Wildman–Crippen LogP) is 6.50. The topological polar surface area (TPSA) is 40.5 Å². The molecule has 5 aliphatic carbocycles. The molecular weight excluding hydrogens is 368 g/mol. The van der Waals surface area contributed by atoms with Crippen LogP contribution in [-0.2, 0) is 0 Å². The van der Waals surface area contributed by atoms with Crippen LogP contribution in [-0.4, -0.2) is 22.4 Å². The fourth-order valence-corrected chi connectivity index (χ4v) is 9.76. The van der Waals surface area contributed by atoms with E-state index in [0.29, 0.717) is 28.1 Å². The number of hydrogen-bond donors (Lipinski definition) is 2.